The number of aromatic nitrogens is 4. The number of nitrogens with zero attached hydrogens (tertiary/aromatic N) is 3. The van der Waals surface area contributed by atoms with Gasteiger partial charge in [-0.05, 0) is 18.4 Å². The maximum absolute atomic E-state index is 14.3. The van der Waals surface area contributed by atoms with E-state index in [0.717, 1.165) is 11.6 Å². The molecule has 0 aromatic carbocycles. The van der Waals surface area contributed by atoms with Crippen LogP contribution in [0.3, 0.4) is 0 Å². The molecule has 0 saturated heterocycles. The third kappa shape index (κ3) is 4.24. The molecule has 0 aliphatic heterocycles. The lowest BCUT2D eigenvalue weighted by Crippen LogP contribution is -2.31. The van der Waals surface area contributed by atoms with Crippen LogP contribution in [0.25, 0.3) is 22.4 Å². The highest BCUT2D eigenvalue weighted by atomic mass is 35.5. The molecule has 3 rings (SSSR count). The maximum Gasteiger partial charge on any atom is 0.183 e. The first-order valence-corrected chi connectivity index (χ1v) is 9.21. The number of nitrogens with one attached hydrogen (secondary N) is 2. The van der Waals surface area contributed by atoms with Crippen molar-refractivity contribution in [1.82, 2.24) is 19.9 Å². The second kappa shape index (κ2) is 8.00. The molecule has 0 amide bonds. The Balaban J connectivity index is 1.98. The zero-order chi connectivity index (χ0) is 19.6. The Labute approximate surface area is 161 Å². The van der Waals surface area contributed by atoms with Gasteiger partial charge in [0.05, 0.1) is 17.3 Å². The molecule has 3 heterocycles. The first-order chi connectivity index (χ1) is 12.9. The lowest BCUT2D eigenvalue weighted by atomic mass is 9.99. The molecular weight excluding hydrogens is 369 g/mol. The number of hydrogen-bond donors (Lipinski definition) is 2. The van der Waals surface area contributed by atoms with Crippen LogP contribution in [0.4, 0.5) is 10.2 Å². The van der Waals surface area contributed by atoms with Crippen molar-refractivity contribution in [1.29, 1.82) is 0 Å². The minimum atomic E-state index is -0.604. The molecule has 0 spiro atoms. The van der Waals surface area contributed by atoms with E-state index in [1.807, 2.05) is 13.8 Å². The van der Waals surface area contributed by atoms with E-state index < -0.39 is 11.9 Å². The molecular formula is C19H21ClFN5O. The average molecular weight is 390 g/mol. The molecule has 0 unspecified atom stereocenters. The lowest BCUT2D eigenvalue weighted by molar-refractivity contribution is -0.119. The summed E-state index contributed by atoms with van der Waals surface area (Å²) in [6.45, 7) is 5.83. The summed E-state index contributed by atoms with van der Waals surface area (Å²) in [6.07, 6.45) is 5.31. The SMILES string of the molecule is CCC(=O)[C@H](CC(C)C)Nc1nc(-c2c[nH]c3ncc(Cl)cc23)ncc1F. The second-order valence-corrected chi connectivity index (χ2v) is 7.22. The number of ketones is 1. The summed E-state index contributed by atoms with van der Waals surface area (Å²) in [6, 6.07) is 1.25. The van der Waals surface area contributed by atoms with Crippen molar-refractivity contribution in [2.75, 3.05) is 5.32 Å². The van der Waals surface area contributed by atoms with Crippen LogP contribution in [0.5, 0.6) is 0 Å². The van der Waals surface area contributed by atoms with Gasteiger partial charge in [0.25, 0.3) is 0 Å². The Morgan fingerprint density at radius 1 is 1.33 bits per heavy atom. The van der Waals surface area contributed by atoms with Crippen LogP contribution >= 0.6 is 11.6 Å². The van der Waals surface area contributed by atoms with Crippen molar-refractivity contribution >= 4 is 34.2 Å². The fourth-order valence-electron chi connectivity index (χ4n) is 2.91. The van der Waals surface area contributed by atoms with Gasteiger partial charge in [-0.1, -0.05) is 32.4 Å². The van der Waals surface area contributed by atoms with E-state index in [-0.39, 0.29) is 17.5 Å². The first-order valence-electron chi connectivity index (χ1n) is 8.83. The predicted octanol–water partition coefficient (Wildman–Crippen LogP) is 4.62. The van der Waals surface area contributed by atoms with Crippen molar-refractivity contribution < 1.29 is 9.18 Å². The van der Waals surface area contributed by atoms with Crippen LogP contribution in [0, 0.1) is 11.7 Å². The van der Waals surface area contributed by atoms with Crippen LogP contribution in [0.2, 0.25) is 5.02 Å². The molecule has 0 radical (unpaired) electrons. The van der Waals surface area contributed by atoms with Crippen LogP contribution in [-0.2, 0) is 4.79 Å². The minimum absolute atomic E-state index is 0.0109. The van der Waals surface area contributed by atoms with Crippen molar-refractivity contribution in [3.63, 3.8) is 0 Å². The Hall–Kier alpha value is -2.54. The van der Waals surface area contributed by atoms with Crippen molar-refractivity contribution in [2.24, 2.45) is 5.92 Å². The number of pyridine rings is 1. The smallest absolute Gasteiger partial charge is 0.183 e. The van der Waals surface area contributed by atoms with Crippen LogP contribution in [0.15, 0.2) is 24.7 Å². The molecule has 27 heavy (non-hydrogen) atoms. The number of carbonyl (C=O) groups is 1. The molecule has 0 bridgehead atoms. The number of fused-ring (bicyclic) bond motifs is 1. The summed E-state index contributed by atoms with van der Waals surface area (Å²) < 4.78 is 14.3. The second-order valence-electron chi connectivity index (χ2n) is 6.79. The average Bonchev–Trinajstić information content (AvgIpc) is 3.04. The number of hydrogen-bond acceptors (Lipinski definition) is 5. The molecule has 0 fully saturated rings. The summed E-state index contributed by atoms with van der Waals surface area (Å²) in [5, 5.41) is 4.18. The van der Waals surface area contributed by atoms with Gasteiger partial charge in [0, 0.05) is 29.8 Å². The predicted molar refractivity (Wildman–Crippen MR) is 104 cm³/mol. The highest BCUT2D eigenvalue weighted by Crippen LogP contribution is 2.28. The zero-order valence-corrected chi connectivity index (χ0v) is 16.1. The summed E-state index contributed by atoms with van der Waals surface area (Å²) in [5.74, 6) is 0.0289. The molecule has 6 nitrogen and oxygen atoms in total. The van der Waals surface area contributed by atoms with E-state index in [0.29, 0.717) is 34.9 Å². The Bertz CT molecular complexity index is 972. The Kier molecular flexibility index (Phi) is 5.70. The van der Waals surface area contributed by atoms with E-state index in [4.69, 9.17) is 11.6 Å². The molecule has 3 aromatic rings. The molecule has 3 aromatic heterocycles. The van der Waals surface area contributed by atoms with Crippen molar-refractivity contribution in [3.05, 3.63) is 35.5 Å². The van der Waals surface area contributed by atoms with Gasteiger partial charge < -0.3 is 10.3 Å². The number of rotatable bonds is 7. The lowest BCUT2D eigenvalue weighted by Gasteiger charge is -2.20. The van der Waals surface area contributed by atoms with Crippen LogP contribution in [-0.4, -0.2) is 31.8 Å². The third-order valence-electron chi connectivity index (χ3n) is 4.24. The molecule has 0 aliphatic carbocycles. The highest BCUT2D eigenvalue weighted by Gasteiger charge is 2.21. The van der Waals surface area contributed by atoms with Gasteiger partial charge in [-0.3, -0.25) is 4.79 Å². The van der Waals surface area contributed by atoms with E-state index >= 15 is 0 Å². The quantitative estimate of drug-likeness (QED) is 0.616. The van der Waals surface area contributed by atoms with Crippen molar-refractivity contribution in [3.8, 4) is 11.4 Å². The number of H-pyrrole nitrogens is 1. The maximum atomic E-state index is 14.3. The van der Waals surface area contributed by atoms with Gasteiger partial charge in [-0.25, -0.2) is 19.3 Å². The molecule has 0 aliphatic rings. The van der Waals surface area contributed by atoms with E-state index in [1.165, 1.54) is 6.20 Å². The number of anilines is 1. The fraction of sp³-hybridized carbons (Fsp3) is 0.368. The first kappa shape index (κ1) is 19.2. The zero-order valence-electron chi connectivity index (χ0n) is 15.4. The summed E-state index contributed by atoms with van der Waals surface area (Å²) in [4.78, 5) is 27.9. The fourth-order valence-corrected chi connectivity index (χ4v) is 3.07. The molecule has 142 valence electrons. The molecule has 1 atom stereocenters. The summed E-state index contributed by atoms with van der Waals surface area (Å²) >= 11 is 6.03. The van der Waals surface area contributed by atoms with Gasteiger partial charge in [0.15, 0.2) is 23.2 Å². The third-order valence-corrected chi connectivity index (χ3v) is 4.44. The molecule has 2 N–H and O–H groups in total. The number of halogens is 2. The standard InChI is InChI=1S/C19H21ClFN5O/c1-4-16(27)15(5-10(2)3)25-19-14(21)9-24-18(26-19)13-8-23-17-12(13)6-11(20)7-22-17/h6-10,15H,4-5H2,1-3H3,(H,22,23)(H,24,25,26)/t15-/m0/s1. The normalized spacial score (nSPS) is 12.5. The van der Waals surface area contributed by atoms with Crippen LogP contribution < -0.4 is 5.32 Å². The van der Waals surface area contributed by atoms with E-state index in [9.17, 15) is 9.18 Å². The number of carbonyl (C=O) groups excluding carboxylic acids is 1. The number of aromatic amines is 1. The van der Waals surface area contributed by atoms with Gasteiger partial charge >= 0.3 is 0 Å². The van der Waals surface area contributed by atoms with Crippen molar-refractivity contribution in [2.45, 2.75) is 39.7 Å². The van der Waals surface area contributed by atoms with E-state index in [1.54, 1.807) is 19.2 Å². The summed E-state index contributed by atoms with van der Waals surface area (Å²) in [5.41, 5.74) is 1.29. The number of Topliss-reactive ketones (excluding diaryl/α,β-unsaturated/α-hetero) is 1. The Morgan fingerprint density at radius 2 is 2.11 bits per heavy atom. The minimum Gasteiger partial charge on any atom is -0.358 e. The van der Waals surface area contributed by atoms with Crippen LogP contribution in [0.1, 0.15) is 33.6 Å². The van der Waals surface area contributed by atoms with Gasteiger partial charge in [0.2, 0.25) is 0 Å². The molecule has 8 heteroatoms. The van der Waals surface area contributed by atoms with Gasteiger partial charge in [-0.2, -0.15) is 0 Å². The summed E-state index contributed by atoms with van der Waals surface area (Å²) in [7, 11) is 0. The monoisotopic (exact) mass is 389 g/mol. The van der Waals surface area contributed by atoms with Gasteiger partial charge in [-0.15, -0.1) is 0 Å². The topological polar surface area (TPSA) is 83.6 Å². The Morgan fingerprint density at radius 3 is 2.81 bits per heavy atom. The largest absolute Gasteiger partial charge is 0.358 e. The molecule has 0 saturated carbocycles. The van der Waals surface area contributed by atoms with E-state index in [2.05, 4.69) is 25.3 Å². The highest BCUT2D eigenvalue weighted by molar-refractivity contribution is 6.31. The van der Waals surface area contributed by atoms with Gasteiger partial charge in [0.1, 0.15) is 5.65 Å².